The topological polar surface area (TPSA) is 52.8 Å². The highest BCUT2D eigenvalue weighted by atomic mass is 16.5. The van der Waals surface area contributed by atoms with Crippen molar-refractivity contribution in [2.75, 3.05) is 6.61 Å². The molecular formula is C11H16N4O. The highest BCUT2D eigenvalue weighted by molar-refractivity contribution is 5.76. The van der Waals surface area contributed by atoms with Gasteiger partial charge in [0.05, 0.1) is 6.61 Å². The zero-order valence-corrected chi connectivity index (χ0v) is 10.1. The van der Waals surface area contributed by atoms with Gasteiger partial charge in [-0.2, -0.15) is 4.98 Å². The monoisotopic (exact) mass is 220 g/mol. The number of hydrogen-bond donors (Lipinski definition) is 0. The van der Waals surface area contributed by atoms with Gasteiger partial charge >= 0.3 is 0 Å². The van der Waals surface area contributed by atoms with Crippen LogP contribution < -0.4 is 4.74 Å². The molecule has 5 heteroatoms. The van der Waals surface area contributed by atoms with E-state index in [2.05, 4.69) is 33.4 Å². The maximum atomic E-state index is 5.44. The van der Waals surface area contributed by atoms with Crippen LogP contribution in [-0.2, 0) is 0 Å². The molecule has 0 atom stereocenters. The van der Waals surface area contributed by atoms with Crippen LogP contribution in [0.5, 0.6) is 5.88 Å². The molecule has 0 aliphatic carbocycles. The third-order valence-electron chi connectivity index (χ3n) is 2.42. The van der Waals surface area contributed by atoms with E-state index in [1.807, 2.05) is 13.8 Å². The molecule has 2 aromatic heterocycles. The summed E-state index contributed by atoms with van der Waals surface area (Å²) in [6.45, 7) is 8.70. The van der Waals surface area contributed by atoms with Crippen LogP contribution in [0, 0.1) is 6.92 Å². The SMILES string of the molecule is CCOc1ncnc2c1nc(C)n2C(C)C. The number of fused-ring (bicyclic) bond motifs is 1. The number of hydrogen-bond acceptors (Lipinski definition) is 4. The van der Waals surface area contributed by atoms with Gasteiger partial charge in [-0.1, -0.05) is 0 Å². The smallest absolute Gasteiger partial charge is 0.245 e. The molecule has 0 aromatic carbocycles. The summed E-state index contributed by atoms with van der Waals surface area (Å²) >= 11 is 0. The highest BCUT2D eigenvalue weighted by Gasteiger charge is 2.15. The number of aromatic nitrogens is 4. The molecule has 0 radical (unpaired) electrons. The van der Waals surface area contributed by atoms with Crippen molar-refractivity contribution in [3.8, 4) is 5.88 Å². The average molecular weight is 220 g/mol. The van der Waals surface area contributed by atoms with Gasteiger partial charge in [-0.3, -0.25) is 0 Å². The maximum Gasteiger partial charge on any atom is 0.245 e. The van der Waals surface area contributed by atoms with Crippen molar-refractivity contribution in [2.24, 2.45) is 0 Å². The Kier molecular flexibility index (Phi) is 2.77. The minimum Gasteiger partial charge on any atom is -0.476 e. The number of ether oxygens (including phenoxy) is 1. The summed E-state index contributed by atoms with van der Waals surface area (Å²) in [4.78, 5) is 12.8. The van der Waals surface area contributed by atoms with E-state index >= 15 is 0 Å². The molecule has 2 aromatic rings. The van der Waals surface area contributed by atoms with Gasteiger partial charge in [0.2, 0.25) is 5.88 Å². The predicted octanol–water partition coefficient (Wildman–Crippen LogP) is 2.11. The summed E-state index contributed by atoms with van der Waals surface area (Å²) in [6, 6.07) is 0.328. The first-order valence-corrected chi connectivity index (χ1v) is 5.47. The largest absolute Gasteiger partial charge is 0.476 e. The van der Waals surface area contributed by atoms with Gasteiger partial charge in [-0.05, 0) is 27.7 Å². The fraction of sp³-hybridized carbons (Fsp3) is 0.545. The van der Waals surface area contributed by atoms with Crippen molar-refractivity contribution >= 4 is 11.2 Å². The van der Waals surface area contributed by atoms with Crippen LogP contribution in [0.25, 0.3) is 11.2 Å². The predicted molar refractivity (Wildman–Crippen MR) is 61.6 cm³/mol. The summed E-state index contributed by atoms with van der Waals surface area (Å²) in [5.74, 6) is 1.50. The summed E-state index contributed by atoms with van der Waals surface area (Å²) in [5, 5.41) is 0. The molecule has 0 aliphatic heterocycles. The lowest BCUT2D eigenvalue weighted by Crippen LogP contribution is -2.04. The maximum absolute atomic E-state index is 5.44. The van der Waals surface area contributed by atoms with Crippen LogP contribution in [0.4, 0.5) is 0 Å². The second-order valence-electron chi connectivity index (χ2n) is 3.91. The van der Waals surface area contributed by atoms with Crippen LogP contribution in [0.1, 0.15) is 32.6 Å². The van der Waals surface area contributed by atoms with E-state index in [0.717, 1.165) is 17.0 Å². The Balaban J connectivity index is 2.67. The van der Waals surface area contributed by atoms with Crippen LogP contribution >= 0.6 is 0 Å². The Hall–Kier alpha value is -1.65. The Labute approximate surface area is 94.5 Å². The summed E-state index contributed by atoms with van der Waals surface area (Å²) < 4.78 is 7.52. The van der Waals surface area contributed by atoms with Crippen LogP contribution in [0.3, 0.4) is 0 Å². The summed E-state index contributed by atoms with van der Waals surface area (Å²) in [7, 11) is 0. The molecule has 0 spiro atoms. The molecule has 0 fully saturated rings. The van der Waals surface area contributed by atoms with Gasteiger partial charge in [0.15, 0.2) is 11.2 Å². The molecule has 0 saturated carbocycles. The van der Waals surface area contributed by atoms with Crippen LogP contribution in [-0.4, -0.2) is 26.1 Å². The molecule has 0 N–H and O–H groups in total. The minimum atomic E-state index is 0.328. The Bertz CT molecular complexity index is 504. The number of rotatable bonds is 3. The quantitative estimate of drug-likeness (QED) is 0.795. The lowest BCUT2D eigenvalue weighted by atomic mass is 10.4. The van der Waals surface area contributed by atoms with Crippen LogP contribution in [0.15, 0.2) is 6.33 Å². The van der Waals surface area contributed by atoms with Crippen molar-refractivity contribution < 1.29 is 4.74 Å². The number of aryl methyl sites for hydroxylation is 1. The van der Waals surface area contributed by atoms with E-state index in [1.54, 1.807) is 0 Å². The van der Waals surface area contributed by atoms with Crippen molar-refractivity contribution in [1.82, 2.24) is 19.5 Å². The van der Waals surface area contributed by atoms with E-state index in [0.29, 0.717) is 18.5 Å². The molecule has 0 bridgehead atoms. The fourth-order valence-corrected chi connectivity index (χ4v) is 1.86. The fourth-order valence-electron chi connectivity index (χ4n) is 1.86. The molecule has 0 amide bonds. The molecule has 86 valence electrons. The molecule has 0 aliphatic rings. The van der Waals surface area contributed by atoms with Crippen molar-refractivity contribution in [3.05, 3.63) is 12.2 Å². The standard InChI is InChI=1S/C11H16N4O/c1-5-16-11-9-10(12-6-13-11)15(7(2)3)8(4)14-9/h6-7H,5H2,1-4H3. The number of nitrogens with zero attached hydrogens (tertiary/aromatic N) is 4. The minimum absolute atomic E-state index is 0.328. The zero-order valence-electron chi connectivity index (χ0n) is 10.1. The molecule has 16 heavy (non-hydrogen) atoms. The van der Waals surface area contributed by atoms with E-state index < -0.39 is 0 Å². The highest BCUT2D eigenvalue weighted by Crippen LogP contribution is 2.24. The normalized spacial score (nSPS) is 11.3. The molecule has 0 unspecified atom stereocenters. The van der Waals surface area contributed by atoms with Gasteiger partial charge in [0.1, 0.15) is 12.2 Å². The van der Waals surface area contributed by atoms with Crippen molar-refractivity contribution in [1.29, 1.82) is 0 Å². The molecule has 5 nitrogen and oxygen atoms in total. The van der Waals surface area contributed by atoms with E-state index in [9.17, 15) is 0 Å². The van der Waals surface area contributed by atoms with Gasteiger partial charge < -0.3 is 9.30 Å². The first kappa shape index (κ1) is 10.9. The molecule has 0 saturated heterocycles. The first-order valence-electron chi connectivity index (χ1n) is 5.47. The van der Waals surface area contributed by atoms with Crippen LogP contribution in [0.2, 0.25) is 0 Å². The second-order valence-corrected chi connectivity index (χ2v) is 3.91. The Morgan fingerprint density at radius 3 is 2.75 bits per heavy atom. The van der Waals surface area contributed by atoms with E-state index in [1.165, 1.54) is 6.33 Å². The Morgan fingerprint density at radius 1 is 1.38 bits per heavy atom. The van der Waals surface area contributed by atoms with Crippen molar-refractivity contribution in [3.63, 3.8) is 0 Å². The second kappa shape index (κ2) is 4.08. The first-order chi connectivity index (χ1) is 7.65. The summed E-state index contributed by atoms with van der Waals surface area (Å²) in [6.07, 6.45) is 1.52. The third-order valence-corrected chi connectivity index (χ3v) is 2.42. The zero-order chi connectivity index (χ0) is 11.7. The third kappa shape index (κ3) is 1.62. The van der Waals surface area contributed by atoms with E-state index in [4.69, 9.17) is 4.74 Å². The lowest BCUT2D eigenvalue weighted by molar-refractivity contribution is 0.330. The van der Waals surface area contributed by atoms with Crippen molar-refractivity contribution in [2.45, 2.75) is 33.7 Å². The number of imidazole rings is 1. The van der Waals surface area contributed by atoms with Gasteiger partial charge in [0.25, 0.3) is 0 Å². The van der Waals surface area contributed by atoms with Gasteiger partial charge in [-0.25, -0.2) is 9.97 Å². The lowest BCUT2D eigenvalue weighted by Gasteiger charge is -2.09. The molecule has 2 heterocycles. The van der Waals surface area contributed by atoms with Gasteiger partial charge in [-0.15, -0.1) is 0 Å². The molecular weight excluding hydrogens is 204 g/mol. The Morgan fingerprint density at radius 2 is 2.12 bits per heavy atom. The van der Waals surface area contributed by atoms with Gasteiger partial charge in [0, 0.05) is 6.04 Å². The van der Waals surface area contributed by atoms with E-state index in [-0.39, 0.29) is 0 Å². The molecule has 2 rings (SSSR count). The average Bonchev–Trinajstić information content (AvgIpc) is 2.55. The summed E-state index contributed by atoms with van der Waals surface area (Å²) in [5.41, 5.74) is 1.58.